The number of morpholine rings is 1. The van der Waals surface area contributed by atoms with E-state index >= 15 is 0 Å². The second-order valence-corrected chi connectivity index (χ2v) is 6.13. The largest absolute Gasteiger partial charge is 0.463 e. The second kappa shape index (κ2) is 9.91. The molecule has 1 amide bonds. The number of hydrogen-bond acceptors (Lipinski definition) is 6. The van der Waals surface area contributed by atoms with Gasteiger partial charge in [-0.25, -0.2) is 4.79 Å². The number of ether oxygens (including phenoxy) is 2. The summed E-state index contributed by atoms with van der Waals surface area (Å²) in [6.45, 7) is 6.05. The van der Waals surface area contributed by atoms with Crippen molar-refractivity contribution in [1.29, 1.82) is 0 Å². The molecule has 1 atom stereocenters. The van der Waals surface area contributed by atoms with Gasteiger partial charge in [0.15, 0.2) is 0 Å². The van der Waals surface area contributed by atoms with Crippen molar-refractivity contribution in [2.24, 2.45) is 0 Å². The van der Waals surface area contributed by atoms with Crippen LogP contribution in [0.4, 0.5) is 5.69 Å². The van der Waals surface area contributed by atoms with E-state index in [0.29, 0.717) is 37.6 Å². The molecule has 1 aromatic rings. The molecule has 1 aromatic carbocycles. The number of amides is 1. The van der Waals surface area contributed by atoms with Gasteiger partial charge in [-0.05, 0) is 37.2 Å². The lowest BCUT2D eigenvalue weighted by atomic mass is 10.1. The molecule has 1 heterocycles. The number of carbonyl (C=O) groups is 3. The molecule has 1 saturated heterocycles. The fraction of sp³-hybridized carbons (Fsp3) is 0.526. The minimum Gasteiger partial charge on any atom is -0.463 e. The summed E-state index contributed by atoms with van der Waals surface area (Å²) in [4.78, 5) is 37.9. The SMILES string of the molecule is CCCCOC(=O)c1ccc(NC(=O)C[C@H]2C(=O)OCCN2CC)cc1. The lowest BCUT2D eigenvalue weighted by Crippen LogP contribution is -2.50. The average Bonchev–Trinajstić information content (AvgIpc) is 2.64. The van der Waals surface area contributed by atoms with Crippen LogP contribution in [0.3, 0.4) is 0 Å². The Morgan fingerprint density at radius 2 is 2.00 bits per heavy atom. The first-order chi connectivity index (χ1) is 12.5. The van der Waals surface area contributed by atoms with Crippen molar-refractivity contribution < 1.29 is 23.9 Å². The van der Waals surface area contributed by atoms with Crippen LogP contribution in [0.5, 0.6) is 0 Å². The molecule has 1 aliphatic rings. The summed E-state index contributed by atoms with van der Waals surface area (Å²) in [5.41, 5.74) is 0.999. The van der Waals surface area contributed by atoms with E-state index in [1.807, 2.05) is 18.7 Å². The molecule has 142 valence electrons. The number of benzene rings is 1. The molecule has 1 aliphatic heterocycles. The van der Waals surface area contributed by atoms with Crippen molar-refractivity contribution in [3.63, 3.8) is 0 Å². The summed E-state index contributed by atoms with van der Waals surface area (Å²) in [7, 11) is 0. The summed E-state index contributed by atoms with van der Waals surface area (Å²) in [5, 5.41) is 2.75. The molecule has 7 heteroatoms. The van der Waals surface area contributed by atoms with Crippen LogP contribution in [-0.2, 0) is 19.1 Å². The minimum atomic E-state index is -0.554. The van der Waals surface area contributed by atoms with E-state index in [-0.39, 0.29) is 24.3 Å². The number of esters is 2. The number of likely N-dealkylation sites (N-methyl/N-ethyl adjacent to an activating group) is 1. The first kappa shape index (κ1) is 19.9. The van der Waals surface area contributed by atoms with Crippen molar-refractivity contribution >= 4 is 23.5 Å². The van der Waals surface area contributed by atoms with Crippen molar-refractivity contribution in [3.05, 3.63) is 29.8 Å². The van der Waals surface area contributed by atoms with E-state index in [2.05, 4.69) is 5.32 Å². The Morgan fingerprint density at radius 1 is 1.27 bits per heavy atom. The maximum Gasteiger partial charge on any atom is 0.338 e. The number of hydrogen-bond donors (Lipinski definition) is 1. The predicted octanol–water partition coefficient (Wildman–Crippen LogP) is 2.22. The van der Waals surface area contributed by atoms with Gasteiger partial charge in [0.1, 0.15) is 12.6 Å². The van der Waals surface area contributed by atoms with Crippen molar-refractivity contribution in [1.82, 2.24) is 4.90 Å². The number of nitrogens with zero attached hydrogens (tertiary/aromatic N) is 1. The van der Waals surface area contributed by atoms with E-state index in [4.69, 9.17) is 9.47 Å². The molecular weight excluding hydrogens is 336 g/mol. The van der Waals surface area contributed by atoms with Crippen LogP contribution in [0, 0.1) is 0 Å². The Bertz CT molecular complexity index is 629. The third-order valence-corrected chi connectivity index (χ3v) is 4.26. The third kappa shape index (κ3) is 5.56. The van der Waals surface area contributed by atoms with E-state index < -0.39 is 6.04 Å². The van der Waals surface area contributed by atoms with Gasteiger partial charge in [-0.3, -0.25) is 14.5 Å². The monoisotopic (exact) mass is 362 g/mol. The summed E-state index contributed by atoms with van der Waals surface area (Å²) < 4.78 is 10.2. The lowest BCUT2D eigenvalue weighted by molar-refractivity contribution is -0.158. The zero-order valence-corrected chi connectivity index (χ0v) is 15.3. The van der Waals surface area contributed by atoms with Gasteiger partial charge in [-0.2, -0.15) is 0 Å². The molecule has 0 aliphatic carbocycles. The van der Waals surface area contributed by atoms with E-state index in [9.17, 15) is 14.4 Å². The molecule has 2 rings (SSSR count). The number of anilines is 1. The van der Waals surface area contributed by atoms with Crippen LogP contribution >= 0.6 is 0 Å². The lowest BCUT2D eigenvalue weighted by Gasteiger charge is -2.32. The number of nitrogens with one attached hydrogen (secondary N) is 1. The van der Waals surface area contributed by atoms with Gasteiger partial charge in [0, 0.05) is 12.2 Å². The fourth-order valence-electron chi connectivity index (χ4n) is 2.73. The first-order valence-corrected chi connectivity index (χ1v) is 9.02. The van der Waals surface area contributed by atoms with Gasteiger partial charge in [-0.15, -0.1) is 0 Å². The van der Waals surface area contributed by atoms with Crippen LogP contribution in [0.15, 0.2) is 24.3 Å². The highest BCUT2D eigenvalue weighted by Gasteiger charge is 2.32. The number of rotatable bonds is 8. The van der Waals surface area contributed by atoms with Crippen molar-refractivity contribution in [2.45, 2.75) is 39.2 Å². The fourth-order valence-corrected chi connectivity index (χ4v) is 2.73. The standard InChI is InChI=1S/C19H26N2O5/c1-3-5-11-25-18(23)14-6-8-15(9-7-14)20-17(22)13-16-19(24)26-12-10-21(16)4-2/h6-9,16H,3-5,10-13H2,1-2H3,(H,20,22)/t16-/m0/s1. The summed E-state index contributed by atoms with van der Waals surface area (Å²) in [6, 6.07) is 5.95. The highest BCUT2D eigenvalue weighted by Crippen LogP contribution is 2.15. The molecule has 0 unspecified atom stereocenters. The quantitative estimate of drug-likeness (QED) is 0.564. The minimum absolute atomic E-state index is 0.0352. The molecule has 1 N–H and O–H groups in total. The number of carbonyl (C=O) groups excluding carboxylic acids is 3. The van der Waals surface area contributed by atoms with E-state index in [1.165, 1.54) is 0 Å². The third-order valence-electron chi connectivity index (χ3n) is 4.26. The van der Waals surface area contributed by atoms with Gasteiger partial charge >= 0.3 is 11.9 Å². The van der Waals surface area contributed by atoms with Gasteiger partial charge in [0.05, 0.1) is 18.6 Å². The highest BCUT2D eigenvalue weighted by atomic mass is 16.5. The molecule has 0 saturated carbocycles. The number of cyclic esters (lactones) is 1. The highest BCUT2D eigenvalue weighted by molar-refractivity contribution is 5.95. The van der Waals surface area contributed by atoms with E-state index in [0.717, 1.165) is 12.8 Å². The van der Waals surface area contributed by atoms with Gasteiger partial charge < -0.3 is 14.8 Å². The molecule has 0 radical (unpaired) electrons. The maximum absolute atomic E-state index is 12.2. The van der Waals surface area contributed by atoms with Crippen LogP contribution in [-0.4, -0.2) is 55.1 Å². The Hall–Kier alpha value is -2.41. The summed E-state index contributed by atoms with van der Waals surface area (Å²) in [5.74, 6) is -1.01. The van der Waals surface area contributed by atoms with Gasteiger partial charge in [0.2, 0.25) is 5.91 Å². The Labute approximate surface area is 153 Å². The molecule has 0 aromatic heterocycles. The molecule has 7 nitrogen and oxygen atoms in total. The van der Waals surface area contributed by atoms with Crippen LogP contribution in [0.25, 0.3) is 0 Å². The number of unbranched alkanes of at least 4 members (excludes halogenated alkanes) is 1. The van der Waals surface area contributed by atoms with Crippen LogP contribution in [0.1, 0.15) is 43.5 Å². The zero-order valence-electron chi connectivity index (χ0n) is 15.3. The van der Waals surface area contributed by atoms with E-state index in [1.54, 1.807) is 24.3 Å². The van der Waals surface area contributed by atoms with Crippen molar-refractivity contribution in [3.8, 4) is 0 Å². The van der Waals surface area contributed by atoms with Crippen molar-refractivity contribution in [2.75, 3.05) is 31.6 Å². The molecule has 0 spiro atoms. The predicted molar refractivity (Wildman–Crippen MR) is 96.9 cm³/mol. The molecule has 26 heavy (non-hydrogen) atoms. The average molecular weight is 362 g/mol. The Kier molecular flexibility index (Phi) is 7.59. The first-order valence-electron chi connectivity index (χ1n) is 9.02. The zero-order chi connectivity index (χ0) is 18.9. The molecule has 1 fully saturated rings. The summed E-state index contributed by atoms with van der Waals surface area (Å²) >= 11 is 0. The molecular formula is C19H26N2O5. The molecule has 0 bridgehead atoms. The van der Waals surface area contributed by atoms with Crippen LogP contribution in [0.2, 0.25) is 0 Å². The Morgan fingerprint density at radius 3 is 2.65 bits per heavy atom. The normalized spacial score (nSPS) is 17.5. The van der Waals surface area contributed by atoms with Gasteiger partial charge in [0.25, 0.3) is 0 Å². The second-order valence-electron chi connectivity index (χ2n) is 6.13. The van der Waals surface area contributed by atoms with Crippen LogP contribution < -0.4 is 5.32 Å². The maximum atomic E-state index is 12.2. The summed E-state index contributed by atoms with van der Waals surface area (Å²) in [6.07, 6.45) is 1.83. The van der Waals surface area contributed by atoms with Gasteiger partial charge in [-0.1, -0.05) is 20.3 Å². The smallest absolute Gasteiger partial charge is 0.338 e. The Balaban J connectivity index is 1.88. The topological polar surface area (TPSA) is 84.9 Å².